The van der Waals surface area contributed by atoms with Gasteiger partial charge in [-0.3, -0.25) is 15.0 Å². The highest BCUT2D eigenvalue weighted by atomic mass is 16.6. The van der Waals surface area contributed by atoms with Gasteiger partial charge in [0.25, 0.3) is 0 Å². The molecule has 7 nitrogen and oxygen atoms in total. The lowest BCUT2D eigenvalue weighted by Gasteiger charge is -2.26. The van der Waals surface area contributed by atoms with E-state index in [0.29, 0.717) is 38.7 Å². The van der Waals surface area contributed by atoms with Gasteiger partial charge < -0.3 is 14.2 Å². The molecule has 26 heavy (non-hydrogen) atoms. The Kier molecular flexibility index (Phi) is 6.40. The average molecular weight is 358 g/mol. The van der Waals surface area contributed by atoms with Crippen molar-refractivity contribution in [1.29, 1.82) is 0 Å². The highest BCUT2D eigenvalue weighted by molar-refractivity contribution is 5.50. The van der Waals surface area contributed by atoms with Crippen LogP contribution in [0.5, 0.6) is 11.5 Å². The molecule has 3 rings (SSSR count). The second kappa shape index (κ2) is 9.17. The summed E-state index contributed by atoms with van der Waals surface area (Å²) in [6.07, 6.45) is 0. The number of nitro groups is 1. The molecule has 0 amide bonds. The van der Waals surface area contributed by atoms with E-state index in [1.165, 1.54) is 6.07 Å². The Morgan fingerprint density at radius 1 is 1.08 bits per heavy atom. The first-order valence-electron chi connectivity index (χ1n) is 8.60. The maximum absolute atomic E-state index is 11.2. The number of hydrogen-bond donors (Lipinski definition) is 0. The van der Waals surface area contributed by atoms with E-state index in [1.807, 2.05) is 30.3 Å². The van der Waals surface area contributed by atoms with Crippen molar-refractivity contribution in [1.82, 2.24) is 4.90 Å². The summed E-state index contributed by atoms with van der Waals surface area (Å²) in [5.41, 5.74) is 0.972. The van der Waals surface area contributed by atoms with Crippen molar-refractivity contribution in [2.45, 2.75) is 6.61 Å². The summed E-state index contributed by atoms with van der Waals surface area (Å²) in [4.78, 5) is 13.0. The van der Waals surface area contributed by atoms with Crippen molar-refractivity contribution in [3.8, 4) is 11.5 Å². The van der Waals surface area contributed by atoms with Gasteiger partial charge in [-0.1, -0.05) is 30.3 Å². The van der Waals surface area contributed by atoms with Crippen LogP contribution in [0.4, 0.5) is 5.69 Å². The van der Waals surface area contributed by atoms with Gasteiger partial charge in [-0.25, -0.2) is 0 Å². The van der Waals surface area contributed by atoms with Crippen LogP contribution in [0, 0.1) is 10.1 Å². The fraction of sp³-hybridized carbons (Fsp3) is 0.368. The molecule has 1 aliphatic heterocycles. The molecule has 1 heterocycles. The molecule has 1 aliphatic rings. The zero-order valence-electron chi connectivity index (χ0n) is 14.5. The third-order valence-corrected chi connectivity index (χ3v) is 4.15. The van der Waals surface area contributed by atoms with Crippen molar-refractivity contribution >= 4 is 5.69 Å². The molecule has 2 aromatic carbocycles. The van der Waals surface area contributed by atoms with Gasteiger partial charge >= 0.3 is 5.69 Å². The minimum atomic E-state index is -0.439. The molecule has 2 aromatic rings. The quantitative estimate of drug-likeness (QED) is 0.534. The van der Waals surface area contributed by atoms with E-state index >= 15 is 0 Å². The maximum atomic E-state index is 11.2. The highest BCUT2D eigenvalue weighted by Crippen LogP contribution is 2.31. The Balaban J connectivity index is 1.60. The topological polar surface area (TPSA) is 74.1 Å². The van der Waals surface area contributed by atoms with Crippen LogP contribution in [0.2, 0.25) is 0 Å². The van der Waals surface area contributed by atoms with E-state index in [9.17, 15) is 10.1 Å². The van der Waals surface area contributed by atoms with E-state index in [1.54, 1.807) is 12.1 Å². The molecule has 0 atom stereocenters. The third kappa shape index (κ3) is 5.18. The maximum Gasteiger partial charge on any atom is 0.311 e. The molecular weight excluding hydrogens is 336 g/mol. The molecule has 0 aliphatic carbocycles. The lowest BCUT2D eigenvalue weighted by molar-refractivity contribution is -0.385. The average Bonchev–Trinajstić information content (AvgIpc) is 2.68. The van der Waals surface area contributed by atoms with Gasteiger partial charge in [0.1, 0.15) is 19.0 Å². The van der Waals surface area contributed by atoms with Crippen molar-refractivity contribution in [2.75, 3.05) is 39.5 Å². The lowest BCUT2D eigenvalue weighted by atomic mass is 10.2. The predicted molar refractivity (Wildman–Crippen MR) is 96.6 cm³/mol. The van der Waals surface area contributed by atoms with Crippen LogP contribution >= 0.6 is 0 Å². The van der Waals surface area contributed by atoms with Gasteiger partial charge in [-0.05, 0) is 11.6 Å². The largest absolute Gasteiger partial charge is 0.489 e. The van der Waals surface area contributed by atoms with Gasteiger partial charge in [-0.2, -0.15) is 0 Å². The molecule has 7 heteroatoms. The molecule has 1 fully saturated rings. The zero-order chi connectivity index (χ0) is 18.2. The molecule has 0 N–H and O–H groups in total. The number of rotatable bonds is 8. The van der Waals surface area contributed by atoms with Crippen molar-refractivity contribution in [2.24, 2.45) is 0 Å². The highest BCUT2D eigenvalue weighted by Gasteiger charge is 2.17. The fourth-order valence-corrected chi connectivity index (χ4v) is 2.70. The first-order chi connectivity index (χ1) is 12.7. The molecule has 138 valence electrons. The molecular formula is C19H22N2O5. The summed E-state index contributed by atoms with van der Waals surface area (Å²) in [6.45, 7) is 4.60. The van der Waals surface area contributed by atoms with Crippen LogP contribution in [0.3, 0.4) is 0 Å². The summed E-state index contributed by atoms with van der Waals surface area (Å²) >= 11 is 0. The van der Waals surface area contributed by atoms with E-state index < -0.39 is 4.92 Å². The summed E-state index contributed by atoms with van der Waals surface area (Å²) < 4.78 is 16.7. The van der Waals surface area contributed by atoms with Crippen LogP contribution in [-0.2, 0) is 11.3 Å². The summed E-state index contributed by atoms with van der Waals surface area (Å²) in [5, 5.41) is 11.2. The van der Waals surface area contributed by atoms with Crippen LogP contribution in [0.25, 0.3) is 0 Å². The summed E-state index contributed by atoms with van der Waals surface area (Å²) in [7, 11) is 0. The SMILES string of the molecule is O=[N+]([O-])c1ccc(OCc2ccccc2)cc1OCCN1CCOCC1. The zero-order valence-corrected chi connectivity index (χ0v) is 14.5. The number of nitro benzene ring substituents is 1. The Hall–Kier alpha value is -2.64. The Bertz CT molecular complexity index is 717. The van der Waals surface area contributed by atoms with Crippen molar-refractivity contribution < 1.29 is 19.1 Å². The number of nitrogens with zero attached hydrogens (tertiary/aromatic N) is 2. The molecule has 0 radical (unpaired) electrons. The second-order valence-corrected chi connectivity index (χ2v) is 5.96. The number of hydrogen-bond acceptors (Lipinski definition) is 6. The standard InChI is InChI=1S/C19H22N2O5/c22-21(23)18-7-6-17(26-15-16-4-2-1-3-5-16)14-19(18)25-13-10-20-8-11-24-12-9-20/h1-7,14H,8-13,15H2. The van der Waals surface area contributed by atoms with Crippen LogP contribution in [0.15, 0.2) is 48.5 Å². The van der Waals surface area contributed by atoms with E-state index in [-0.39, 0.29) is 11.4 Å². The minimum Gasteiger partial charge on any atom is -0.489 e. The van der Waals surface area contributed by atoms with Gasteiger partial charge in [0.15, 0.2) is 0 Å². The first-order valence-corrected chi connectivity index (χ1v) is 8.60. The normalized spacial score (nSPS) is 14.8. The second-order valence-electron chi connectivity index (χ2n) is 5.96. The van der Waals surface area contributed by atoms with Crippen molar-refractivity contribution in [3.05, 3.63) is 64.2 Å². The van der Waals surface area contributed by atoms with Crippen LogP contribution in [0.1, 0.15) is 5.56 Å². The van der Waals surface area contributed by atoms with Gasteiger partial charge in [0, 0.05) is 31.8 Å². The van der Waals surface area contributed by atoms with Gasteiger partial charge in [0.2, 0.25) is 5.75 Å². The molecule has 0 aromatic heterocycles. The lowest BCUT2D eigenvalue weighted by Crippen LogP contribution is -2.38. The molecule has 0 spiro atoms. The first kappa shape index (κ1) is 18.2. The molecule has 1 saturated heterocycles. The van der Waals surface area contributed by atoms with Gasteiger partial charge in [-0.15, -0.1) is 0 Å². The molecule has 0 unspecified atom stereocenters. The smallest absolute Gasteiger partial charge is 0.311 e. The Labute approximate surface area is 152 Å². The summed E-state index contributed by atoms with van der Waals surface area (Å²) in [5.74, 6) is 0.773. The van der Waals surface area contributed by atoms with Crippen LogP contribution in [-0.4, -0.2) is 49.3 Å². The number of ether oxygens (including phenoxy) is 3. The monoisotopic (exact) mass is 358 g/mol. The van der Waals surface area contributed by atoms with Crippen LogP contribution < -0.4 is 9.47 Å². The summed E-state index contributed by atoms with van der Waals surface area (Å²) in [6, 6.07) is 14.3. The van der Waals surface area contributed by atoms with E-state index in [0.717, 1.165) is 18.7 Å². The Morgan fingerprint density at radius 3 is 2.58 bits per heavy atom. The Morgan fingerprint density at radius 2 is 1.85 bits per heavy atom. The number of morpholine rings is 1. The minimum absolute atomic E-state index is 0.0564. The number of benzene rings is 2. The van der Waals surface area contributed by atoms with E-state index in [4.69, 9.17) is 14.2 Å². The van der Waals surface area contributed by atoms with Crippen molar-refractivity contribution in [3.63, 3.8) is 0 Å². The molecule has 0 bridgehead atoms. The fourth-order valence-electron chi connectivity index (χ4n) is 2.70. The predicted octanol–water partition coefficient (Wildman–Crippen LogP) is 2.88. The van der Waals surface area contributed by atoms with Gasteiger partial charge in [0.05, 0.1) is 18.1 Å². The third-order valence-electron chi connectivity index (χ3n) is 4.15. The van der Waals surface area contributed by atoms with E-state index in [2.05, 4.69) is 4.90 Å². The molecule has 0 saturated carbocycles.